The molecule has 0 aromatic rings. The molecule has 3 heterocycles. The Morgan fingerprint density at radius 1 is 1.12 bits per heavy atom. The van der Waals surface area contributed by atoms with Crippen LogP contribution < -0.4 is 0 Å². The average molecular weight is 238 g/mol. The molecule has 98 valence electrons. The first kappa shape index (κ1) is 11.9. The van der Waals surface area contributed by atoms with Gasteiger partial charge in [-0.3, -0.25) is 9.80 Å². The SMILES string of the molecule is CC1CN2CCCC2CN1CC1CCCCO1. The molecule has 0 N–H and O–H groups in total. The van der Waals surface area contributed by atoms with Crippen molar-refractivity contribution in [2.75, 3.05) is 32.8 Å². The predicted octanol–water partition coefficient (Wildman–Crippen LogP) is 1.72. The smallest absolute Gasteiger partial charge is 0.0702 e. The van der Waals surface area contributed by atoms with Gasteiger partial charge in [-0.2, -0.15) is 0 Å². The maximum Gasteiger partial charge on any atom is 0.0702 e. The van der Waals surface area contributed by atoms with E-state index in [4.69, 9.17) is 4.74 Å². The van der Waals surface area contributed by atoms with Crippen molar-refractivity contribution in [1.29, 1.82) is 0 Å². The van der Waals surface area contributed by atoms with Crippen molar-refractivity contribution in [2.45, 2.75) is 57.2 Å². The van der Waals surface area contributed by atoms with Crippen molar-refractivity contribution < 1.29 is 4.74 Å². The largest absolute Gasteiger partial charge is 0.377 e. The Kier molecular flexibility index (Phi) is 3.69. The maximum atomic E-state index is 5.89. The van der Waals surface area contributed by atoms with Gasteiger partial charge in [-0.25, -0.2) is 0 Å². The van der Waals surface area contributed by atoms with Gasteiger partial charge in [-0.05, 0) is 45.6 Å². The highest BCUT2D eigenvalue weighted by Crippen LogP contribution is 2.25. The molecule has 0 saturated carbocycles. The van der Waals surface area contributed by atoms with Crippen molar-refractivity contribution in [1.82, 2.24) is 9.80 Å². The zero-order valence-corrected chi connectivity index (χ0v) is 11.1. The Hall–Kier alpha value is -0.120. The molecule has 0 aliphatic carbocycles. The van der Waals surface area contributed by atoms with E-state index in [9.17, 15) is 0 Å². The van der Waals surface area contributed by atoms with Crippen LogP contribution in [0.25, 0.3) is 0 Å². The van der Waals surface area contributed by atoms with E-state index in [0.717, 1.165) is 18.7 Å². The minimum Gasteiger partial charge on any atom is -0.377 e. The molecule has 3 unspecified atom stereocenters. The summed E-state index contributed by atoms with van der Waals surface area (Å²) in [6, 6.07) is 1.56. The fourth-order valence-corrected chi connectivity index (χ4v) is 3.72. The van der Waals surface area contributed by atoms with Crippen LogP contribution in [0.3, 0.4) is 0 Å². The molecule has 3 nitrogen and oxygen atoms in total. The Bertz CT molecular complexity index is 253. The molecule has 3 aliphatic heterocycles. The summed E-state index contributed by atoms with van der Waals surface area (Å²) in [5.41, 5.74) is 0. The first-order chi connectivity index (χ1) is 8.33. The van der Waals surface area contributed by atoms with Gasteiger partial charge in [-0.15, -0.1) is 0 Å². The monoisotopic (exact) mass is 238 g/mol. The molecule has 3 saturated heterocycles. The third-order valence-corrected chi connectivity index (χ3v) is 4.78. The summed E-state index contributed by atoms with van der Waals surface area (Å²) in [7, 11) is 0. The summed E-state index contributed by atoms with van der Waals surface area (Å²) in [6.07, 6.45) is 7.24. The summed E-state index contributed by atoms with van der Waals surface area (Å²) in [5.74, 6) is 0. The van der Waals surface area contributed by atoms with E-state index in [1.807, 2.05) is 0 Å². The lowest BCUT2D eigenvalue weighted by Crippen LogP contribution is -2.56. The molecule has 0 spiro atoms. The van der Waals surface area contributed by atoms with Crippen LogP contribution in [0, 0.1) is 0 Å². The van der Waals surface area contributed by atoms with Crippen LogP contribution in [0.4, 0.5) is 0 Å². The molecule has 0 radical (unpaired) electrons. The number of ether oxygens (including phenoxy) is 1. The maximum absolute atomic E-state index is 5.89. The number of piperazine rings is 1. The van der Waals surface area contributed by atoms with Crippen LogP contribution >= 0.6 is 0 Å². The summed E-state index contributed by atoms with van der Waals surface area (Å²) in [6.45, 7) is 8.44. The molecule has 17 heavy (non-hydrogen) atoms. The Morgan fingerprint density at radius 2 is 2.06 bits per heavy atom. The summed E-state index contributed by atoms with van der Waals surface area (Å²) >= 11 is 0. The van der Waals surface area contributed by atoms with E-state index < -0.39 is 0 Å². The number of rotatable bonds is 2. The third kappa shape index (κ3) is 2.67. The second-order valence-corrected chi connectivity index (χ2v) is 6.08. The average Bonchev–Trinajstić information content (AvgIpc) is 2.78. The lowest BCUT2D eigenvalue weighted by Gasteiger charge is -2.43. The van der Waals surface area contributed by atoms with E-state index in [0.29, 0.717) is 6.10 Å². The number of hydrogen-bond donors (Lipinski definition) is 0. The molecule has 3 aliphatic rings. The fourth-order valence-electron chi connectivity index (χ4n) is 3.72. The van der Waals surface area contributed by atoms with Crippen LogP contribution in [0.15, 0.2) is 0 Å². The molecule has 3 fully saturated rings. The fraction of sp³-hybridized carbons (Fsp3) is 1.00. The van der Waals surface area contributed by atoms with Gasteiger partial charge in [0.2, 0.25) is 0 Å². The first-order valence-electron chi connectivity index (χ1n) is 7.42. The minimum atomic E-state index is 0.513. The van der Waals surface area contributed by atoms with Crippen molar-refractivity contribution in [2.24, 2.45) is 0 Å². The van der Waals surface area contributed by atoms with Gasteiger partial charge in [0.25, 0.3) is 0 Å². The highest BCUT2D eigenvalue weighted by atomic mass is 16.5. The molecular formula is C14H26N2O. The molecule has 3 atom stereocenters. The second kappa shape index (κ2) is 5.25. The second-order valence-electron chi connectivity index (χ2n) is 6.08. The van der Waals surface area contributed by atoms with Crippen LogP contribution in [0.2, 0.25) is 0 Å². The number of nitrogens with zero attached hydrogens (tertiary/aromatic N) is 2. The van der Waals surface area contributed by atoms with E-state index in [-0.39, 0.29) is 0 Å². The van der Waals surface area contributed by atoms with Gasteiger partial charge in [-0.1, -0.05) is 0 Å². The lowest BCUT2D eigenvalue weighted by molar-refractivity contribution is -0.0320. The molecule has 0 bridgehead atoms. The Morgan fingerprint density at radius 3 is 2.88 bits per heavy atom. The Labute approximate surface area is 105 Å². The van der Waals surface area contributed by atoms with Gasteiger partial charge >= 0.3 is 0 Å². The lowest BCUT2D eigenvalue weighted by atomic mass is 10.0. The molecule has 0 amide bonds. The molecule has 0 aromatic heterocycles. The van der Waals surface area contributed by atoms with Gasteiger partial charge in [0.15, 0.2) is 0 Å². The van der Waals surface area contributed by atoms with E-state index in [1.54, 1.807) is 0 Å². The third-order valence-electron chi connectivity index (χ3n) is 4.78. The van der Waals surface area contributed by atoms with Gasteiger partial charge < -0.3 is 4.74 Å². The number of fused-ring (bicyclic) bond motifs is 1. The van der Waals surface area contributed by atoms with Crippen LogP contribution in [0.1, 0.15) is 39.0 Å². The summed E-state index contributed by atoms with van der Waals surface area (Å²) < 4.78 is 5.89. The van der Waals surface area contributed by atoms with Crippen LogP contribution in [0.5, 0.6) is 0 Å². The molecule has 0 aromatic carbocycles. The molecule has 3 heteroatoms. The quantitative estimate of drug-likeness (QED) is 0.728. The highest BCUT2D eigenvalue weighted by Gasteiger charge is 2.35. The minimum absolute atomic E-state index is 0.513. The van der Waals surface area contributed by atoms with E-state index in [2.05, 4.69) is 16.7 Å². The number of hydrogen-bond acceptors (Lipinski definition) is 3. The molecular weight excluding hydrogens is 212 g/mol. The normalized spacial score (nSPS) is 40.4. The Balaban J connectivity index is 1.55. The van der Waals surface area contributed by atoms with Crippen LogP contribution in [-0.4, -0.2) is 60.8 Å². The van der Waals surface area contributed by atoms with E-state index >= 15 is 0 Å². The zero-order chi connectivity index (χ0) is 11.7. The summed E-state index contributed by atoms with van der Waals surface area (Å²) in [4.78, 5) is 5.38. The zero-order valence-electron chi connectivity index (χ0n) is 11.1. The van der Waals surface area contributed by atoms with Crippen molar-refractivity contribution >= 4 is 0 Å². The van der Waals surface area contributed by atoms with Crippen molar-refractivity contribution in [3.05, 3.63) is 0 Å². The summed E-state index contributed by atoms with van der Waals surface area (Å²) in [5, 5.41) is 0. The first-order valence-corrected chi connectivity index (χ1v) is 7.42. The molecule has 3 rings (SSSR count). The standard InChI is InChI=1S/C14H26N2O/c1-12-9-15-7-4-5-13(15)10-16(12)11-14-6-2-3-8-17-14/h12-14H,2-11H2,1H3. The van der Waals surface area contributed by atoms with Crippen LogP contribution in [-0.2, 0) is 4.74 Å². The van der Waals surface area contributed by atoms with Gasteiger partial charge in [0.1, 0.15) is 0 Å². The van der Waals surface area contributed by atoms with Crippen molar-refractivity contribution in [3.63, 3.8) is 0 Å². The van der Waals surface area contributed by atoms with Crippen molar-refractivity contribution in [3.8, 4) is 0 Å². The topological polar surface area (TPSA) is 15.7 Å². The predicted molar refractivity (Wildman–Crippen MR) is 69.2 cm³/mol. The highest BCUT2D eigenvalue weighted by molar-refractivity contribution is 4.91. The van der Waals surface area contributed by atoms with Gasteiger partial charge in [0, 0.05) is 38.3 Å². The van der Waals surface area contributed by atoms with Gasteiger partial charge in [0.05, 0.1) is 6.10 Å². The van der Waals surface area contributed by atoms with E-state index in [1.165, 1.54) is 58.3 Å².